The van der Waals surface area contributed by atoms with E-state index in [0.29, 0.717) is 46.5 Å². The monoisotopic (exact) mass is 524 g/mol. The van der Waals surface area contributed by atoms with Crippen molar-refractivity contribution in [2.24, 2.45) is 0 Å². The zero-order chi connectivity index (χ0) is 27.4. The van der Waals surface area contributed by atoms with Crippen LogP contribution in [-0.4, -0.2) is 59.0 Å². The van der Waals surface area contributed by atoms with Crippen LogP contribution in [0.15, 0.2) is 42.5 Å². The SMILES string of the molecule is COc1ccc(Oc2cc(CC3c4cc(OC)c(OC)cc4CCN3C)c([N+](=O)[O-])cc2OC)cc1OC. The molecule has 0 spiro atoms. The molecule has 1 heterocycles. The molecule has 1 aliphatic heterocycles. The summed E-state index contributed by atoms with van der Waals surface area (Å²) >= 11 is 0. The first-order valence-electron chi connectivity index (χ1n) is 12.0. The minimum Gasteiger partial charge on any atom is -0.493 e. The van der Waals surface area contributed by atoms with Crippen molar-refractivity contribution in [2.75, 3.05) is 49.1 Å². The second kappa shape index (κ2) is 11.5. The number of benzene rings is 3. The Bertz CT molecular complexity index is 1330. The molecule has 3 aromatic rings. The standard InChI is InChI=1S/C28H32N2O8/c1-29-10-9-17-12-24(34-3)26(36-5)15-20(17)22(29)11-18-13-28(27(37-6)16-21(18)30(31)32)38-19-7-8-23(33-2)25(14-19)35-4/h7-8,12-16,22H,9-11H2,1-6H3. The zero-order valence-electron chi connectivity index (χ0n) is 22.4. The molecule has 10 nitrogen and oxygen atoms in total. The topological polar surface area (TPSA) is 102 Å². The summed E-state index contributed by atoms with van der Waals surface area (Å²) in [6, 6.07) is 12.0. The summed E-state index contributed by atoms with van der Waals surface area (Å²) in [5.74, 6) is 3.41. The first-order chi connectivity index (χ1) is 18.3. The van der Waals surface area contributed by atoms with Gasteiger partial charge in [-0.15, -0.1) is 0 Å². The predicted octanol–water partition coefficient (Wildman–Crippen LogP) is 5.20. The Morgan fingerprint density at radius 3 is 2.05 bits per heavy atom. The van der Waals surface area contributed by atoms with Crippen molar-refractivity contribution in [1.82, 2.24) is 4.90 Å². The fraction of sp³-hybridized carbons (Fsp3) is 0.357. The van der Waals surface area contributed by atoms with Crippen molar-refractivity contribution in [3.05, 3.63) is 69.3 Å². The van der Waals surface area contributed by atoms with Crippen LogP contribution >= 0.6 is 0 Å². The number of hydrogen-bond donors (Lipinski definition) is 0. The molecule has 10 heteroatoms. The van der Waals surface area contributed by atoms with Gasteiger partial charge in [0.05, 0.1) is 46.5 Å². The number of nitro benzene ring substituents is 1. The number of nitro groups is 1. The summed E-state index contributed by atoms with van der Waals surface area (Å²) in [4.78, 5) is 13.9. The lowest BCUT2D eigenvalue weighted by molar-refractivity contribution is -0.385. The zero-order valence-corrected chi connectivity index (χ0v) is 22.4. The van der Waals surface area contributed by atoms with Gasteiger partial charge in [-0.1, -0.05) is 0 Å². The van der Waals surface area contributed by atoms with Gasteiger partial charge in [0.15, 0.2) is 34.5 Å². The minimum absolute atomic E-state index is 0.0393. The van der Waals surface area contributed by atoms with Crippen LogP contribution in [0.25, 0.3) is 0 Å². The van der Waals surface area contributed by atoms with Crippen molar-refractivity contribution in [1.29, 1.82) is 0 Å². The van der Waals surface area contributed by atoms with Crippen LogP contribution in [0.1, 0.15) is 22.7 Å². The average Bonchev–Trinajstić information content (AvgIpc) is 2.93. The maximum absolute atomic E-state index is 12.1. The smallest absolute Gasteiger partial charge is 0.276 e. The second-order valence-electron chi connectivity index (χ2n) is 8.86. The van der Waals surface area contributed by atoms with Crippen LogP contribution < -0.4 is 28.4 Å². The molecule has 0 radical (unpaired) electrons. The molecule has 0 N–H and O–H groups in total. The van der Waals surface area contributed by atoms with Gasteiger partial charge < -0.3 is 28.4 Å². The summed E-state index contributed by atoms with van der Waals surface area (Å²) in [7, 11) is 9.76. The van der Waals surface area contributed by atoms with Gasteiger partial charge >= 0.3 is 0 Å². The van der Waals surface area contributed by atoms with Crippen molar-refractivity contribution in [3.63, 3.8) is 0 Å². The average molecular weight is 525 g/mol. The van der Waals surface area contributed by atoms with Gasteiger partial charge in [0.1, 0.15) is 5.75 Å². The van der Waals surface area contributed by atoms with E-state index in [0.717, 1.165) is 24.1 Å². The van der Waals surface area contributed by atoms with E-state index in [-0.39, 0.29) is 17.5 Å². The van der Waals surface area contributed by atoms with Crippen LogP contribution in [0.2, 0.25) is 0 Å². The third-order valence-corrected chi connectivity index (χ3v) is 6.83. The van der Waals surface area contributed by atoms with Crippen molar-refractivity contribution < 1.29 is 33.3 Å². The van der Waals surface area contributed by atoms with Gasteiger partial charge in [-0.25, -0.2) is 0 Å². The third-order valence-electron chi connectivity index (χ3n) is 6.83. The molecule has 1 aliphatic rings. The van der Waals surface area contributed by atoms with Gasteiger partial charge in [-0.3, -0.25) is 15.0 Å². The van der Waals surface area contributed by atoms with Crippen molar-refractivity contribution in [2.45, 2.75) is 18.9 Å². The maximum Gasteiger partial charge on any atom is 0.276 e. The Morgan fingerprint density at radius 1 is 0.816 bits per heavy atom. The number of nitrogens with zero attached hydrogens (tertiary/aromatic N) is 2. The van der Waals surface area contributed by atoms with E-state index in [2.05, 4.69) is 4.90 Å². The van der Waals surface area contributed by atoms with Gasteiger partial charge in [0.2, 0.25) is 0 Å². The summed E-state index contributed by atoms with van der Waals surface area (Å²) < 4.78 is 33.3. The van der Waals surface area contributed by atoms with Crippen LogP contribution in [0, 0.1) is 10.1 Å². The highest BCUT2D eigenvalue weighted by molar-refractivity contribution is 5.57. The van der Waals surface area contributed by atoms with Crippen LogP contribution in [0.3, 0.4) is 0 Å². The van der Waals surface area contributed by atoms with Gasteiger partial charge in [-0.05, 0) is 61.3 Å². The Hall–Kier alpha value is -4.18. The highest BCUT2D eigenvalue weighted by Gasteiger charge is 2.30. The lowest BCUT2D eigenvalue weighted by Crippen LogP contribution is -2.33. The van der Waals surface area contributed by atoms with E-state index in [1.807, 2.05) is 19.2 Å². The summed E-state index contributed by atoms with van der Waals surface area (Å²) in [5.41, 5.74) is 2.65. The molecule has 4 rings (SSSR count). The Morgan fingerprint density at radius 2 is 1.42 bits per heavy atom. The highest BCUT2D eigenvalue weighted by Crippen LogP contribution is 2.43. The van der Waals surface area contributed by atoms with Crippen molar-refractivity contribution in [3.8, 4) is 40.2 Å². The molecule has 0 saturated carbocycles. The van der Waals surface area contributed by atoms with Crippen LogP contribution in [0.4, 0.5) is 5.69 Å². The Balaban J connectivity index is 1.76. The highest BCUT2D eigenvalue weighted by atomic mass is 16.6. The Kier molecular flexibility index (Phi) is 8.11. The minimum atomic E-state index is -0.392. The largest absolute Gasteiger partial charge is 0.493 e. The normalized spacial score (nSPS) is 14.8. The molecule has 0 fully saturated rings. The molecule has 3 aromatic carbocycles. The number of hydrogen-bond acceptors (Lipinski definition) is 9. The lowest BCUT2D eigenvalue weighted by atomic mass is 9.88. The maximum atomic E-state index is 12.1. The van der Waals surface area contributed by atoms with E-state index < -0.39 is 4.92 Å². The molecule has 0 amide bonds. The summed E-state index contributed by atoms with van der Waals surface area (Å²) in [5, 5.41) is 12.1. The van der Waals surface area contributed by atoms with E-state index in [1.54, 1.807) is 45.6 Å². The number of ether oxygens (including phenoxy) is 6. The molecule has 1 unspecified atom stereocenters. The molecule has 0 aliphatic carbocycles. The van der Waals surface area contributed by atoms with Gasteiger partial charge in [0.25, 0.3) is 5.69 Å². The predicted molar refractivity (Wildman–Crippen MR) is 142 cm³/mol. The quantitative estimate of drug-likeness (QED) is 0.261. The summed E-state index contributed by atoms with van der Waals surface area (Å²) in [6.07, 6.45) is 1.21. The number of likely N-dealkylation sites (N-methyl/N-ethyl adjacent to an activating group) is 1. The molecule has 202 valence electrons. The molecule has 1 atom stereocenters. The number of fused-ring (bicyclic) bond motifs is 1. The first-order valence-corrected chi connectivity index (χ1v) is 12.0. The summed E-state index contributed by atoms with van der Waals surface area (Å²) in [6.45, 7) is 0.798. The van der Waals surface area contributed by atoms with E-state index in [9.17, 15) is 10.1 Å². The fourth-order valence-electron chi connectivity index (χ4n) is 4.80. The van der Waals surface area contributed by atoms with Gasteiger partial charge in [0, 0.05) is 24.2 Å². The van der Waals surface area contributed by atoms with Crippen LogP contribution in [-0.2, 0) is 12.8 Å². The number of rotatable bonds is 10. The van der Waals surface area contributed by atoms with E-state index in [1.165, 1.54) is 20.3 Å². The van der Waals surface area contributed by atoms with Crippen LogP contribution in [0.5, 0.6) is 40.2 Å². The molecule has 38 heavy (non-hydrogen) atoms. The van der Waals surface area contributed by atoms with E-state index in [4.69, 9.17) is 28.4 Å². The molecule has 0 aromatic heterocycles. The lowest BCUT2D eigenvalue weighted by Gasteiger charge is -2.35. The Labute approximate surface area is 221 Å². The second-order valence-corrected chi connectivity index (χ2v) is 8.86. The molecular formula is C28H32N2O8. The van der Waals surface area contributed by atoms with Crippen molar-refractivity contribution >= 4 is 5.69 Å². The number of methoxy groups -OCH3 is 5. The molecule has 0 bridgehead atoms. The fourth-order valence-corrected chi connectivity index (χ4v) is 4.80. The first kappa shape index (κ1) is 26.9. The third kappa shape index (κ3) is 5.26. The van der Waals surface area contributed by atoms with E-state index >= 15 is 0 Å². The molecular weight excluding hydrogens is 492 g/mol. The van der Waals surface area contributed by atoms with Gasteiger partial charge in [-0.2, -0.15) is 0 Å². The molecule has 0 saturated heterocycles.